The summed E-state index contributed by atoms with van der Waals surface area (Å²) in [7, 11) is 3.54. The van der Waals surface area contributed by atoms with Crippen LogP contribution in [0, 0.1) is 0 Å². The van der Waals surface area contributed by atoms with Crippen molar-refractivity contribution >= 4 is 23.2 Å². The van der Waals surface area contributed by atoms with Gasteiger partial charge in [0, 0.05) is 27.7 Å². The SMILES string of the molecule is CNCc1ccc(-c2cc(Cl)ccc2OC)c(Cl)c1. The average Bonchev–Trinajstić information content (AvgIpc) is 2.39. The van der Waals surface area contributed by atoms with E-state index in [0.717, 1.165) is 29.0 Å². The molecular formula is C15H15Cl2NO. The Bertz CT molecular complexity index is 584. The predicted molar refractivity (Wildman–Crippen MR) is 81.2 cm³/mol. The molecule has 0 saturated carbocycles. The summed E-state index contributed by atoms with van der Waals surface area (Å²) in [5.41, 5.74) is 2.95. The largest absolute Gasteiger partial charge is 0.496 e. The molecule has 0 aliphatic carbocycles. The first kappa shape index (κ1) is 14.2. The van der Waals surface area contributed by atoms with E-state index in [-0.39, 0.29) is 0 Å². The van der Waals surface area contributed by atoms with Gasteiger partial charge >= 0.3 is 0 Å². The Kier molecular flexibility index (Phi) is 4.70. The first-order valence-electron chi connectivity index (χ1n) is 5.92. The maximum Gasteiger partial charge on any atom is 0.126 e. The average molecular weight is 296 g/mol. The fourth-order valence-electron chi connectivity index (χ4n) is 1.98. The van der Waals surface area contributed by atoms with Gasteiger partial charge in [0.2, 0.25) is 0 Å². The van der Waals surface area contributed by atoms with Gasteiger partial charge in [-0.3, -0.25) is 0 Å². The van der Waals surface area contributed by atoms with Gasteiger partial charge in [-0.25, -0.2) is 0 Å². The molecule has 0 aliphatic heterocycles. The van der Waals surface area contributed by atoms with E-state index in [9.17, 15) is 0 Å². The van der Waals surface area contributed by atoms with Gasteiger partial charge in [0.15, 0.2) is 0 Å². The third-order valence-corrected chi connectivity index (χ3v) is 3.41. The van der Waals surface area contributed by atoms with E-state index in [1.807, 2.05) is 37.4 Å². The molecule has 0 unspecified atom stereocenters. The summed E-state index contributed by atoms with van der Waals surface area (Å²) in [5, 5.41) is 4.44. The van der Waals surface area contributed by atoms with Crippen LogP contribution < -0.4 is 10.1 Å². The number of hydrogen-bond acceptors (Lipinski definition) is 2. The molecule has 2 aromatic rings. The van der Waals surface area contributed by atoms with E-state index in [2.05, 4.69) is 5.32 Å². The van der Waals surface area contributed by atoms with Gasteiger partial charge < -0.3 is 10.1 Å². The van der Waals surface area contributed by atoms with Crippen LogP contribution in [-0.2, 0) is 6.54 Å². The van der Waals surface area contributed by atoms with Crippen LogP contribution in [-0.4, -0.2) is 14.2 Å². The summed E-state index contributed by atoms with van der Waals surface area (Å²) >= 11 is 12.4. The molecule has 100 valence electrons. The first-order valence-corrected chi connectivity index (χ1v) is 6.68. The smallest absolute Gasteiger partial charge is 0.126 e. The summed E-state index contributed by atoms with van der Waals surface area (Å²) < 4.78 is 5.36. The first-order chi connectivity index (χ1) is 9.15. The van der Waals surface area contributed by atoms with Crippen molar-refractivity contribution < 1.29 is 4.74 Å². The van der Waals surface area contributed by atoms with E-state index in [4.69, 9.17) is 27.9 Å². The molecule has 19 heavy (non-hydrogen) atoms. The highest BCUT2D eigenvalue weighted by atomic mass is 35.5. The van der Waals surface area contributed by atoms with Crippen LogP contribution >= 0.6 is 23.2 Å². The predicted octanol–water partition coefficient (Wildman–Crippen LogP) is 4.39. The summed E-state index contributed by atoms with van der Waals surface area (Å²) in [6.45, 7) is 0.784. The van der Waals surface area contributed by atoms with Crippen molar-refractivity contribution in [3.8, 4) is 16.9 Å². The van der Waals surface area contributed by atoms with Crippen molar-refractivity contribution in [1.29, 1.82) is 0 Å². The second-order valence-electron chi connectivity index (χ2n) is 4.19. The molecule has 2 aromatic carbocycles. The molecule has 0 aromatic heterocycles. The van der Waals surface area contributed by atoms with Gasteiger partial charge in [-0.15, -0.1) is 0 Å². The molecule has 2 rings (SSSR count). The topological polar surface area (TPSA) is 21.3 Å². The zero-order valence-electron chi connectivity index (χ0n) is 10.8. The summed E-state index contributed by atoms with van der Waals surface area (Å²) in [4.78, 5) is 0. The van der Waals surface area contributed by atoms with Crippen LogP contribution in [0.4, 0.5) is 0 Å². The molecule has 0 saturated heterocycles. The monoisotopic (exact) mass is 295 g/mol. The molecule has 1 N–H and O–H groups in total. The molecule has 0 amide bonds. The van der Waals surface area contributed by atoms with Gasteiger partial charge in [0.05, 0.1) is 7.11 Å². The number of hydrogen-bond donors (Lipinski definition) is 1. The van der Waals surface area contributed by atoms with Gasteiger partial charge in [0.1, 0.15) is 5.75 Å². The minimum Gasteiger partial charge on any atom is -0.496 e. The quantitative estimate of drug-likeness (QED) is 0.903. The van der Waals surface area contributed by atoms with Gasteiger partial charge in [-0.1, -0.05) is 35.3 Å². The van der Waals surface area contributed by atoms with Crippen molar-refractivity contribution in [2.24, 2.45) is 0 Å². The maximum absolute atomic E-state index is 6.35. The Hall–Kier alpha value is -1.22. The van der Waals surface area contributed by atoms with Crippen LogP contribution in [0.3, 0.4) is 0 Å². The fourth-order valence-corrected chi connectivity index (χ4v) is 2.46. The zero-order chi connectivity index (χ0) is 13.8. The fraction of sp³-hybridized carbons (Fsp3) is 0.200. The lowest BCUT2D eigenvalue weighted by Crippen LogP contribution is -2.04. The highest BCUT2D eigenvalue weighted by Crippen LogP contribution is 2.36. The van der Waals surface area contributed by atoms with Crippen LogP contribution in [0.25, 0.3) is 11.1 Å². The molecule has 0 heterocycles. The lowest BCUT2D eigenvalue weighted by molar-refractivity contribution is 0.416. The normalized spacial score (nSPS) is 10.5. The maximum atomic E-state index is 6.35. The number of methoxy groups -OCH3 is 1. The molecule has 0 bridgehead atoms. The number of rotatable bonds is 4. The minimum atomic E-state index is 0.658. The summed E-state index contributed by atoms with van der Waals surface area (Å²) in [5.74, 6) is 0.757. The molecule has 0 radical (unpaired) electrons. The number of ether oxygens (including phenoxy) is 1. The molecule has 0 fully saturated rings. The van der Waals surface area contributed by atoms with Gasteiger partial charge in [0.25, 0.3) is 0 Å². The van der Waals surface area contributed by atoms with Crippen LogP contribution in [0.5, 0.6) is 5.75 Å². The third-order valence-electron chi connectivity index (χ3n) is 2.87. The van der Waals surface area contributed by atoms with Crippen molar-refractivity contribution in [3.05, 3.63) is 52.0 Å². The lowest BCUT2D eigenvalue weighted by Gasteiger charge is -2.12. The van der Waals surface area contributed by atoms with E-state index < -0.39 is 0 Å². The standard InChI is InChI=1S/C15H15Cl2NO/c1-18-9-10-3-5-12(14(17)7-10)13-8-11(16)4-6-15(13)19-2/h3-8,18H,9H2,1-2H3. The highest BCUT2D eigenvalue weighted by molar-refractivity contribution is 6.34. The van der Waals surface area contributed by atoms with Crippen molar-refractivity contribution in [3.63, 3.8) is 0 Å². The van der Waals surface area contributed by atoms with Crippen LogP contribution in [0.2, 0.25) is 10.0 Å². The van der Waals surface area contributed by atoms with E-state index in [0.29, 0.717) is 10.0 Å². The van der Waals surface area contributed by atoms with Crippen molar-refractivity contribution in [1.82, 2.24) is 5.32 Å². The zero-order valence-corrected chi connectivity index (χ0v) is 12.3. The summed E-state index contributed by atoms with van der Waals surface area (Å²) in [6, 6.07) is 11.5. The molecular weight excluding hydrogens is 281 g/mol. The van der Waals surface area contributed by atoms with Crippen molar-refractivity contribution in [2.45, 2.75) is 6.54 Å². The molecule has 0 atom stereocenters. The van der Waals surface area contributed by atoms with Crippen LogP contribution in [0.15, 0.2) is 36.4 Å². The Balaban J connectivity index is 2.49. The van der Waals surface area contributed by atoms with Crippen molar-refractivity contribution in [2.75, 3.05) is 14.2 Å². The number of benzene rings is 2. The molecule has 4 heteroatoms. The van der Waals surface area contributed by atoms with Crippen LogP contribution in [0.1, 0.15) is 5.56 Å². The summed E-state index contributed by atoms with van der Waals surface area (Å²) in [6.07, 6.45) is 0. The lowest BCUT2D eigenvalue weighted by atomic mass is 10.0. The Morgan fingerprint density at radius 1 is 1.05 bits per heavy atom. The minimum absolute atomic E-state index is 0.658. The number of halogens is 2. The second kappa shape index (κ2) is 6.29. The van der Waals surface area contributed by atoms with E-state index >= 15 is 0 Å². The molecule has 2 nitrogen and oxygen atoms in total. The van der Waals surface area contributed by atoms with Gasteiger partial charge in [-0.2, -0.15) is 0 Å². The third kappa shape index (κ3) is 3.21. The second-order valence-corrected chi connectivity index (χ2v) is 5.03. The molecule has 0 aliphatic rings. The Labute approximate surface area is 123 Å². The van der Waals surface area contributed by atoms with Gasteiger partial charge in [-0.05, 0) is 36.9 Å². The molecule has 0 spiro atoms. The van der Waals surface area contributed by atoms with E-state index in [1.54, 1.807) is 13.2 Å². The Morgan fingerprint density at radius 2 is 1.84 bits per heavy atom. The Morgan fingerprint density at radius 3 is 2.47 bits per heavy atom. The highest BCUT2D eigenvalue weighted by Gasteiger charge is 2.10. The van der Waals surface area contributed by atoms with E-state index in [1.165, 1.54) is 0 Å². The number of nitrogens with one attached hydrogen (secondary N) is 1.